The number of likely N-dealkylation sites (tertiary alicyclic amines) is 1. The summed E-state index contributed by atoms with van der Waals surface area (Å²) in [6.45, 7) is 4.97. The van der Waals surface area contributed by atoms with Crippen molar-refractivity contribution in [1.82, 2.24) is 4.90 Å². The van der Waals surface area contributed by atoms with E-state index in [9.17, 15) is 18.5 Å². The summed E-state index contributed by atoms with van der Waals surface area (Å²) in [5, 5.41) is 14.4. The van der Waals surface area contributed by atoms with Crippen molar-refractivity contribution >= 4 is 21.8 Å². The van der Waals surface area contributed by atoms with Crippen molar-refractivity contribution in [3.63, 3.8) is 0 Å². The molecule has 1 fully saturated rings. The van der Waals surface area contributed by atoms with Gasteiger partial charge in [-0.15, -0.1) is 0 Å². The van der Waals surface area contributed by atoms with E-state index in [1.165, 1.54) is 6.07 Å². The van der Waals surface area contributed by atoms with Crippen LogP contribution in [-0.2, 0) is 15.0 Å². The second-order valence-electron chi connectivity index (χ2n) is 7.08. The van der Waals surface area contributed by atoms with Gasteiger partial charge in [-0.3, -0.25) is 9.52 Å². The molecule has 8 nitrogen and oxygen atoms in total. The monoisotopic (exact) mass is 394 g/mol. The fourth-order valence-electron chi connectivity index (χ4n) is 3.16. The Morgan fingerprint density at radius 3 is 2.81 bits per heavy atom. The number of amides is 1. The van der Waals surface area contributed by atoms with E-state index in [2.05, 4.69) is 4.72 Å². The maximum Gasteiger partial charge on any atom is 0.296 e. The summed E-state index contributed by atoms with van der Waals surface area (Å²) in [7, 11) is -4.00. The van der Waals surface area contributed by atoms with E-state index >= 15 is 0 Å². The smallest absolute Gasteiger partial charge is 0.296 e. The predicted octanol–water partition coefficient (Wildman–Crippen LogP) is 1.98. The molecule has 1 aliphatic rings. The van der Waals surface area contributed by atoms with Gasteiger partial charge in [0.1, 0.15) is 24.0 Å². The number of benzene rings is 1. The highest BCUT2D eigenvalue weighted by atomic mass is 32.2. The van der Waals surface area contributed by atoms with Crippen LogP contribution in [0.25, 0.3) is 0 Å². The maximum atomic E-state index is 12.5. The highest BCUT2D eigenvalue weighted by Gasteiger charge is 2.27. The molecule has 3 N–H and O–H groups in total. The number of nitrogens with two attached hydrogens (primary N) is 1. The van der Waals surface area contributed by atoms with Crippen molar-refractivity contribution < 1.29 is 17.9 Å². The van der Waals surface area contributed by atoms with E-state index in [0.29, 0.717) is 13.0 Å². The molecule has 1 heterocycles. The lowest BCUT2D eigenvalue weighted by atomic mass is 10.0. The SMILES string of the molecule is CC(C)CC(=O)N1CCCCC1COc1cccc(NS(N)(=O)=O)c1C#N. The fraction of sp³-hybridized carbons (Fsp3) is 0.556. The molecule has 0 bridgehead atoms. The van der Waals surface area contributed by atoms with E-state index in [1.54, 1.807) is 12.1 Å². The lowest BCUT2D eigenvalue weighted by Crippen LogP contribution is -2.47. The average Bonchev–Trinajstić information content (AvgIpc) is 2.58. The summed E-state index contributed by atoms with van der Waals surface area (Å²) in [5.41, 5.74) is 0.122. The Morgan fingerprint density at radius 2 is 2.19 bits per heavy atom. The zero-order chi connectivity index (χ0) is 20.0. The zero-order valence-electron chi connectivity index (χ0n) is 15.6. The molecule has 1 aromatic rings. The highest BCUT2D eigenvalue weighted by Crippen LogP contribution is 2.27. The molecule has 9 heteroatoms. The lowest BCUT2D eigenvalue weighted by molar-refractivity contribution is -0.136. The Bertz CT molecular complexity index is 817. The van der Waals surface area contributed by atoms with Gasteiger partial charge in [0.15, 0.2) is 0 Å². The number of rotatable bonds is 7. The minimum atomic E-state index is -4.00. The normalized spacial score (nSPS) is 17.4. The molecular weight excluding hydrogens is 368 g/mol. The van der Waals surface area contributed by atoms with Crippen molar-refractivity contribution in [2.45, 2.75) is 45.6 Å². The number of anilines is 1. The zero-order valence-corrected chi connectivity index (χ0v) is 16.5. The minimum absolute atomic E-state index is 0.0578. The minimum Gasteiger partial charge on any atom is -0.490 e. The summed E-state index contributed by atoms with van der Waals surface area (Å²) in [5.74, 6) is 0.656. The van der Waals surface area contributed by atoms with Gasteiger partial charge in [-0.05, 0) is 37.3 Å². The van der Waals surface area contributed by atoms with Gasteiger partial charge in [0.05, 0.1) is 11.7 Å². The number of carbonyl (C=O) groups is 1. The van der Waals surface area contributed by atoms with Crippen LogP contribution in [0.4, 0.5) is 5.69 Å². The Labute approximate surface area is 160 Å². The number of carbonyl (C=O) groups excluding carboxylic acids is 1. The largest absolute Gasteiger partial charge is 0.490 e. The van der Waals surface area contributed by atoms with Gasteiger partial charge < -0.3 is 9.64 Å². The summed E-state index contributed by atoms with van der Waals surface area (Å²) >= 11 is 0. The van der Waals surface area contributed by atoms with Gasteiger partial charge in [-0.1, -0.05) is 19.9 Å². The van der Waals surface area contributed by atoms with Crippen LogP contribution >= 0.6 is 0 Å². The van der Waals surface area contributed by atoms with Crippen molar-refractivity contribution in [3.8, 4) is 11.8 Å². The molecule has 1 aromatic carbocycles. The highest BCUT2D eigenvalue weighted by molar-refractivity contribution is 7.90. The van der Waals surface area contributed by atoms with Gasteiger partial charge in [0, 0.05) is 13.0 Å². The lowest BCUT2D eigenvalue weighted by Gasteiger charge is -2.36. The van der Waals surface area contributed by atoms with Crippen LogP contribution in [0.3, 0.4) is 0 Å². The first-order chi connectivity index (χ1) is 12.7. The molecule has 1 saturated heterocycles. The molecule has 27 heavy (non-hydrogen) atoms. The number of nitrogens with zero attached hydrogens (tertiary/aromatic N) is 2. The fourth-order valence-corrected chi connectivity index (χ4v) is 3.64. The van der Waals surface area contributed by atoms with E-state index in [1.807, 2.05) is 24.8 Å². The van der Waals surface area contributed by atoms with Gasteiger partial charge >= 0.3 is 0 Å². The molecule has 1 atom stereocenters. The van der Waals surface area contributed by atoms with Crippen LogP contribution in [0.15, 0.2) is 18.2 Å². The first-order valence-corrected chi connectivity index (χ1v) is 10.5. The van der Waals surface area contributed by atoms with Crippen LogP contribution in [0.1, 0.15) is 45.1 Å². The topological polar surface area (TPSA) is 126 Å². The van der Waals surface area contributed by atoms with Gasteiger partial charge in [-0.25, -0.2) is 5.14 Å². The Balaban J connectivity index is 2.13. The number of hydrogen-bond acceptors (Lipinski definition) is 5. The molecule has 0 aliphatic carbocycles. The molecule has 1 amide bonds. The van der Waals surface area contributed by atoms with E-state index < -0.39 is 10.2 Å². The second-order valence-corrected chi connectivity index (χ2v) is 8.38. The molecule has 0 saturated carbocycles. The van der Waals surface area contributed by atoms with Gasteiger partial charge in [0.2, 0.25) is 5.91 Å². The average molecular weight is 394 g/mol. The number of nitriles is 1. The second kappa shape index (κ2) is 9.06. The third kappa shape index (κ3) is 6.12. The van der Waals surface area contributed by atoms with Crippen molar-refractivity contribution in [3.05, 3.63) is 23.8 Å². The summed E-state index contributed by atoms with van der Waals surface area (Å²) in [6, 6.07) is 6.49. The van der Waals surface area contributed by atoms with Crippen LogP contribution in [0.5, 0.6) is 5.75 Å². The first kappa shape index (κ1) is 21.0. The van der Waals surface area contributed by atoms with Gasteiger partial charge in [-0.2, -0.15) is 13.7 Å². The van der Waals surface area contributed by atoms with Crippen LogP contribution < -0.4 is 14.6 Å². The molecule has 0 spiro atoms. The van der Waals surface area contributed by atoms with Crippen LogP contribution in [-0.4, -0.2) is 38.4 Å². The number of hydrogen-bond donors (Lipinski definition) is 2. The number of ether oxygens (including phenoxy) is 1. The Morgan fingerprint density at radius 1 is 1.44 bits per heavy atom. The quantitative estimate of drug-likeness (QED) is 0.731. The molecule has 148 valence electrons. The van der Waals surface area contributed by atoms with Crippen LogP contribution in [0.2, 0.25) is 0 Å². The molecule has 2 rings (SSSR count). The third-order valence-corrected chi connectivity index (χ3v) is 4.86. The molecule has 0 radical (unpaired) electrons. The molecule has 1 unspecified atom stereocenters. The summed E-state index contributed by atoms with van der Waals surface area (Å²) in [4.78, 5) is 14.4. The Hall–Kier alpha value is -2.31. The Kier molecular flexibility index (Phi) is 7.05. The first-order valence-electron chi connectivity index (χ1n) is 8.97. The van der Waals surface area contributed by atoms with Gasteiger partial charge in [0.25, 0.3) is 10.2 Å². The number of nitrogens with one attached hydrogen (secondary N) is 1. The van der Waals surface area contributed by atoms with Crippen molar-refractivity contribution in [1.29, 1.82) is 5.26 Å². The summed E-state index contributed by atoms with van der Waals surface area (Å²) < 4.78 is 30.5. The molecule has 1 aliphatic heterocycles. The molecule has 0 aromatic heterocycles. The van der Waals surface area contributed by atoms with E-state index in [4.69, 9.17) is 9.88 Å². The van der Waals surface area contributed by atoms with Crippen molar-refractivity contribution in [2.24, 2.45) is 11.1 Å². The van der Waals surface area contributed by atoms with E-state index in [-0.39, 0.29) is 41.5 Å². The third-order valence-electron chi connectivity index (χ3n) is 4.35. The van der Waals surface area contributed by atoms with Crippen LogP contribution in [0, 0.1) is 17.2 Å². The number of piperidine rings is 1. The van der Waals surface area contributed by atoms with E-state index in [0.717, 1.165) is 19.3 Å². The predicted molar refractivity (Wildman–Crippen MR) is 102 cm³/mol. The van der Waals surface area contributed by atoms with Crippen molar-refractivity contribution in [2.75, 3.05) is 17.9 Å². The maximum absolute atomic E-state index is 12.5. The standard InChI is InChI=1S/C18H26N4O4S/c1-13(2)10-18(23)22-9-4-3-6-14(22)12-26-17-8-5-7-16(15(17)11-19)21-27(20,24)25/h5,7-8,13-14,21H,3-4,6,9-10,12H2,1-2H3,(H2,20,24,25). The molecular formula is C18H26N4O4S. The summed E-state index contributed by atoms with van der Waals surface area (Å²) in [6.07, 6.45) is 3.31.